The van der Waals surface area contributed by atoms with Crippen molar-refractivity contribution in [3.05, 3.63) is 69.0 Å². The van der Waals surface area contributed by atoms with Gasteiger partial charge in [0.25, 0.3) is 0 Å². The number of hydrogen-bond acceptors (Lipinski definition) is 1. The Morgan fingerprint density at radius 2 is 1.43 bits per heavy atom. The minimum atomic E-state index is -1.30. The van der Waals surface area contributed by atoms with Gasteiger partial charge in [0.05, 0.1) is 10.5 Å². The molecule has 1 atom stereocenters. The first-order chi connectivity index (χ1) is 9.85. The molecule has 0 aliphatic rings. The van der Waals surface area contributed by atoms with E-state index in [1.165, 1.54) is 7.05 Å². The normalized spacial score (nSPS) is 12.5. The lowest BCUT2D eigenvalue weighted by molar-refractivity contribution is 0.488. The second-order valence-corrected chi connectivity index (χ2v) is 5.15. The van der Waals surface area contributed by atoms with Gasteiger partial charge in [0.1, 0.15) is 29.1 Å². The molecule has 0 bridgehead atoms. The summed E-state index contributed by atoms with van der Waals surface area (Å²) >= 11 is 2.81. The summed E-state index contributed by atoms with van der Waals surface area (Å²) < 4.78 is 67.9. The average molecular weight is 366 g/mol. The summed E-state index contributed by atoms with van der Waals surface area (Å²) in [5.74, 6) is -5.10. The molecule has 0 saturated heterocycles. The van der Waals surface area contributed by atoms with E-state index < -0.39 is 40.7 Å². The van der Waals surface area contributed by atoms with Crippen molar-refractivity contribution < 1.29 is 22.0 Å². The number of rotatable bonds is 3. The van der Waals surface area contributed by atoms with Crippen LogP contribution in [-0.2, 0) is 0 Å². The maximum atomic E-state index is 13.9. The minimum absolute atomic E-state index is 0.112. The highest BCUT2D eigenvalue weighted by molar-refractivity contribution is 9.10. The van der Waals surface area contributed by atoms with Crippen LogP contribution < -0.4 is 5.32 Å². The van der Waals surface area contributed by atoms with Gasteiger partial charge in [0.15, 0.2) is 0 Å². The van der Waals surface area contributed by atoms with E-state index in [2.05, 4.69) is 21.2 Å². The number of hydrogen-bond donors (Lipinski definition) is 1. The third-order valence-electron chi connectivity index (χ3n) is 2.97. The zero-order valence-corrected chi connectivity index (χ0v) is 12.2. The van der Waals surface area contributed by atoms with Crippen molar-refractivity contribution in [3.8, 4) is 0 Å². The molecule has 21 heavy (non-hydrogen) atoms. The fourth-order valence-corrected chi connectivity index (χ4v) is 2.36. The van der Waals surface area contributed by atoms with Crippen molar-refractivity contribution in [1.82, 2.24) is 5.32 Å². The topological polar surface area (TPSA) is 12.0 Å². The largest absolute Gasteiger partial charge is 0.309 e. The van der Waals surface area contributed by atoms with Gasteiger partial charge in [0.2, 0.25) is 0 Å². The van der Waals surface area contributed by atoms with E-state index in [-0.39, 0.29) is 10.0 Å². The number of halogens is 6. The van der Waals surface area contributed by atoms with Gasteiger partial charge < -0.3 is 5.32 Å². The predicted molar refractivity (Wildman–Crippen MR) is 71.3 cm³/mol. The lowest BCUT2D eigenvalue weighted by Gasteiger charge is -2.19. The molecule has 0 spiro atoms. The first kappa shape index (κ1) is 15.9. The van der Waals surface area contributed by atoms with Crippen LogP contribution in [0.5, 0.6) is 0 Å². The zero-order valence-electron chi connectivity index (χ0n) is 10.7. The van der Waals surface area contributed by atoms with Crippen molar-refractivity contribution in [2.45, 2.75) is 6.04 Å². The average Bonchev–Trinajstić information content (AvgIpc) is 2.38. The van der Waals surface area contributed by atoms with Crippen molar-refractivity contribution in [1.29, 1.82) is 0 Å². The molecule has 0 amide bonds. The van der Waals surface area contributed by atoms with Crippen LogP contribution in [0.25, 0.3) is 0 Å². The van der Waals surface area contributed by atoms with Gasteiger partial charge in [-0.25, -0.2) is 22.0 Å². The summed E-state index contributed by atoms with van der Waals surface area (Å²) in [7, 11) is 1.33. The van der Waals surface area contributed by atoms with E-state index in [1.54, 1.807) is 0 Å². The van der Waals surface area contributed by atoms with Crippen LogP contribution in [-0.4, -0.2) is 7.05 Å². The molecule has 2 aromatic carbocycles. The molecular weight excluding hydrogens is 357 g/mol. The summed E-state index contributed by atoms with van der Waals surface area (Å²) in [6, 6.07) is 1.34. The third-order valence-corrected chi connectivity index (χ3v) is 3.58. The molecule has 0 aliphatic carbocycles. The standard InChI is InChI=1S/C14H9BrF5N/c1-21-14(7-4-10(18)8(15)5-9(7)17)13-11(19)2-6(16)3-12(13)20/h2-5,14,21H,1H3. The maximum absolute atomic E-state index is 13.9. The van der Waals surface area contributed by atoms with Crippen LogP contribution in [0.4, 0.5) is 22.0 Å². The Labute approximate surface area is 125 Å². The zero-order chi connectivity index (χ0) is 15.7. The molecule has 0 heterocycles. The summed E-state index contributed by atoms with van der Waals surface area (Å²) in [5.41, 5.74) is -0.873. The van der Waals surface area contributed by atoms with Gasteiger partial charge in [-0.3, -0.25) is 0 Å². The number of benzene rings is 2. The molecule has 2 aromatic rings. The van der Waals surface area contributed by atoms with Gasteiger partial charge >= 0.3 is 0 Å². The second-order valence-electron chi connectivity index (χ2n) is 4.29. The van der Waals surface area contributed by atoms with Crippen LogP contribution >= 0.6 is 15.9 Å². The molecule has 1 unspecified atom stereocenters. The Balaban J connectivity index is 2.63. The molecule has 1 N–H and O–H groups in total. The highest BCUT2D eigenvalue weighted by Crippen LogP contribution is 2.31. The predicted octanol–water partition coefficient (Wildman–Crippen LogP) is 4.45. The van der Waals surface area contributed by atoms with Crippen molar-refractivity contribution >= 4 is 15.9 Å². The minimum Gasteiger partial charge on any atom is -0.309 e. The summed E-state index contributed by atoms with van der Waals surface area (Å²) in [6.07, 6.45) is 0. The highest BCUT2D eigenvalue weighted by atomic mass is 79.9. The molecule has 0 aliphatic heterocycles. The summed E-state index contributed by atoms with van der Waals surface area (Å²) in [4.78, 5) is 0. The lowest BCUT2D eigenvalue weighted by atomic mass is 9.97. The van der Waals surface area contributed by atoms with Crippen molar-refractivity contribution in [2.24, 2.45) is 0 Å². The molecule has 1 nitrogen and oxygen atoms in total. The Morgan fingerprint density at radius 3 is 1.95 bits per heavy atom. The van der Waals surface area contributed by atoms with Crippen LogP contribution in [0.15, 0.2) is 28.7 Å². The van der Waals surface area contributed by atoms with Gasteiger partial charge in [-0.15, -0.1) is 0 Å². The fourth-order valence-electron chi connectivity index (χ4n) is 2.04. The maximum Gasteiger partial charge on any atom is 0.137 e. The van der Waals surface area contributed by atoms with Crippen molar-refractivity contribution in [3.63, 3.8) is 0 Å². The van der Waals surface area contributed by atoms with Crippen LogP contribution in [0.3, 0.4) is 0 Å². The molecule has 7 heteroatoms. The van der Waals surface area contributed by atoms with E-state index in [1.807, 2.05) is 0 Å². The van der Waals surface area contributed by atoms with E-state index in [4.69, 9.17) is 0 Å². The molecular formula is C14H9BrF5N. The first-order valence-corrected chi connectivity index (χ1v) is 6.60. The second kappa shape index (κ2) is 6.11. The Bertz CT molecular complexity index is 666. The van der Waals surface area contributed by atoms with E-state index in [0.29, 0.717) is 12.1 Å². The SMILES string of the molecule is CNC(c1cc(F)c(Br)cc1F)c1c(F)cc(F)cc1F. The smallest absolute Gasteiger partial charge is 0.137 e. The Morgan fingerprint density at radius 1 is 0.857 bits per heavy atom. The highest BCUT2D eigenvalue weighted by Gasteiger charge is 2.25. The van der Waals surface area contributed by atoms with Gasteiger partial charge in [-0.1, -0.05) is 0 Å². The number of nitrogens with one attached hydrogen (secondary N) is 1. The third kappa shape index (κ3) is 3.08. The Hall–Kier alpha value is -1.47. The van der Waals surface area contributed by atoms with Crippen LogP contribution in [0.1, 0.15) is 17.2 Å². The van der Waals surface area contributed by atoms with Crippen LogP contribution in [0.2, 0.25) is 0 Å². The van der Waals surface area contributed by atoms with Crippen molar-refractivity contribution in [2.75, 3.05) is 7.05 Å². The molecule has 0 saturated carbocycles. The van der Waals surface area contributed by atoms with E-state index in [9.17, 15) is 22.0 Å². The van der Waals surface area contributed by atoms with E-state index in [0.717, 1.165) is 12.1 Å². The molecule has 0 aromatic heterocycles. The molecule has 0 radical (unpaired) electrons. The molecule has 2 rings (SSSR count). The Kier molecular flexibility index (Phi) is 4.63. The summed E-state index contributed by atoms with van der Waals surface area (Å²) in [6.45, 7) is 0. The van der Waals surface area contributed by atoms with Gasteiger partial charge in [-0.05, 0) is 35.1 Å². The monoisotopic (exact) mass is 365 g/mol. The first-order valence-electron chi connectivity index (χ1n) is 5.81. The van der Waals surface area contributed by atoms with Crippen LogP contribution in [0, 0.1) is 29.1 Å². The molecule has 0 fully saturated rings. The molecule has 112 valence electrons. The fraction of sp³-hybridized carbons (Fsp3) is 0.143. The van der Waals surface area contributed by atoms with Gasteiger partial charge in [0, 0.05) is 23.3 Å². The lowest BCUT2D eigenvalue weighted by Crippen LogP contribution is -2.22. The summed E-state index contributed by atoms with van der Waals surface area (Å²) in [5, 5.41) is 2.50. The quantitative estimate of drug-likeness (QED) is 0.625. The van der Waals surface area contributed by atoms with Gasteiger partial charge in [-0.2, -0.15) is 0 Å². The van der Waals surface area contributed by atoms with E-state index >= 15 is 0 Å².